The maximum Gasteiger partial charge on any atom is 0.251 e. The Labute approximate surface area is 142 Å². The van der Waals surface area contributed by atoms with Crippen molar-refractivity contribution < 1.29 is 9.18 Å². The van der Waals surface area contributed by atoms with Gasteiger partial charge < -0.3 is 11.1 Å². The van der Waals surface area contributed by atoms with E-state index in [0.717, 1.165) is 36.8 Å². The summed E-state index contributed by atoms with van der Waals surface area (Å²) < 4.78 is 13.6. The van der Waals surface area contributed by atoms with Crippen molar-refractivity contribution in [2.45, 2.75) is 38.3 Å². The van der Waals surface area contributed by atoms with Gasteiger partial charge in [-0.25, -0.2) is 4.39 Å². The van der Waals surface area contributed by atoms with Crippen LogP contribution < -0.4 is 11.1 Å². The van der Waals surface area contributed by atoms with E-state index >= 15 is 0 Å². The van der Waals surface area contributed by atoms with Gasteiger partial charge in [-0.1, -0.05) is 37.1 Å². The summed E-state index contributed by atoms with van der Waals surface area (Å²) in [5.41, 5.74) is 8.03. The molecule has 1 saturated carbocycles. The van der Waals surface area contributed by atoms with Crippen LogP contribution in [0.4, 0.5) is 4.39 Å². The summed E-state index contributed by atoms with van der Waals surface area (Å²) in [4.78, 5) is 12.6. The van der Waals surface area contributed by atoms with Gasteiger partial charge in [-0.05, 0) is 54.2 Å². The molecule has 1 aliphatic carbocycles. The molecule has 0 radical (unpaired) electrons. The maximum absolute atomic E-state index is 13.6. The normalized spacial score (nSPS) is 16.1. The first-order chi connectivity index (χ1) is 11.7. The van der Waals surface area contributed by atoms with Crippen LogP contribution in [0.2, 0.25) is 0 Å². The summed E-state index contributed by atoms with van der Waals surface area (Å²) in [6.45, 7) is 0.454. The van der Waals surface area contributed by atoms with Crippen molar-refractivity contribution in [3.8, 4) is 0 Å². The molecule has 1 fully saturated rings. The van der Waals surface area contributed by atoms with E-state index in [1.807, 2.05) is 18.2 Å². The highest BCUT2D eigenvalue weighted by Gasteiger charge is 2.28. The van der Waals surface area contributed by atoms with Gasteiger partial charge in [0.2, 0.25) is 0 Å². The molecule has 24 heavy (non-hydrogen) atoms. The highest BCUT2D eigenvalue weighted by Crippen LogP contribution is 2.36. The van der Waals surface area contributed by atoms with E-state index in [2.05, 4.69) is 5.32 Å². The molecule has 1 amide bonds. The number of rotatable bonds is 5. The number of halogens is 1. The van der Waals surface area contributed by atoms with Crippen LogP contribution in [-0.4, -0.2) is 5.91 Å². The fraction of sp³-hybridized carbons (Fsp3) is 0.350. The highest BCUT2D eigenvalue weighted by atomic mass is 19.1. The second kappa shape index (κ2) is 7.58. The Balaban J connectivity index is 1.81. The molecule has 2 aromatic carbocycles. The summed E-state index contributed by atoms with van der Waals surface area (Å²) in [5.74, 6) is -0.0316. The minimum absolute atomic E-state index is 0.125. The average molecular weight is 326 g/mol. The van der Waals surface area contributed by atoms with Crippen LogP contribution >= 0.6 is 0 Å². The van der Waals surface area contributed by atoms with E-state index in [-0.39, 0.29) is 17.8 Å². The number of hydrogen-bond donors (Lipinski definition) is 2. The number of hydrogen-bond acceptors (Lipinski definition) is 2. The van der Waals surface area contributed by atoms with E-state index in [4.69, 9.17) is 5.73 Å². The molecule has 3 nitrogen and oxygen atoms in total. The molecule has 3 rings (SSSR count). The summed E-state index contributed by atoms with van der Waals surface area (Å²) in [7, 11) is 0. The Hall–Kier alpha value is -2.20. The van der Waals surface area contributed by atoms with E-state index in [1.54, 1.807) is 18.2 Å². The van der Waals surface area contributed by atoms with Crippen molar-refractivity contribution in [2.75, 3.05) is 0 Å². The number of carbonyl (C=O) groups excluding carboxylic acids is 1. The third kappa shape index (κ3) is 3.82. The van der Waals surface area contributed by atoms with Crippen LogP contribution in [0, 0.1) is 11.7 Å². The highest BCUT2D eigenvalue weighted by molar-refractivity contribution is 5.94. The predicted molar refractivity (Wildman–Crippen MR) is 92.9 cm³/mol. The lowest BCUT2D eigenvalue weighted by molar-refractivity contribution is 0.0921. The number of amides is 1. The fourth-order valence-electron chi connectivity index (χ4n) is 3.48. The van der Waals surface area contributed by atoms with Crippen molar-refractivity contribution in [1.82, 2.24) is 5.32 Å². The van der Waals surface area contributed by atoms with Crippen molar-refractivity contribution in [2.24, 2.45) is 11.7 Å². The van der Waals surface area contributed by atoms with Crippen LogP contribution in [0.1, 0.15) is 53.2 Å². The van der Waals surface area contributed by atoms with E-state index < -0.39 is 0 Å². The minimum Gasteiger partial charge on any atom is -0.345 e. The minimum atomic E-state index is -0.267. The van der Waals surface area contributed by atoms with Crippen molar-refractivity contribution in [3.05, 3.63) is 71.0 Å². The van der Waals surface area contributed by atoms with Crippen LogP contribution in [0.25, 0.3) is 0 Å². The molecule has 126 valence electrons. The fourth-order valence-corrected chi connectivity index (χ4v) is 3.48. The first-order valence-corrected chi connectivity index (χ1v) is 8.52. The van der Waals surface area contributed by atoms with Gasteiger partial charge in [-0.2, -0.15) is 0 Å². The predicted octanol–water partition coefficient (Wildman–Crippen LogP) is 3.95. The largest absolute Gasteiger partial charge is 0.345 e. The maximum atomic E-state index is 13.6. The van der Waals surface area contributed by atoms with Gasteiger partial charge >= 0.3 is 0 Å². The molecule has 4 heteroatoms. The standard InChI is InChI=1S/C20H23FN2O/c21-18-7-3-6-17(12-18)19(15-4-1-2-5-15)23-20(24)16-10-8-14(13-22)9-11-16/h3,6-12,15,19H,1-2,4-5,13,22H2,(H,23,24). The lowest BCUT2D eigenvalue weighted by atomic mass is 9.91. The Morgan fingerprint density at radius 3 is 2.50 bits per heavy atom. The van der Waals surface area contributed by atoms with Gasteiger partial charge in [-0.15, -0.1) is 0 Å². The summed E-state index contributed by atoms with van der Waals surface area (Å²) in [5, 5.41) is 3.12. The molecular formula is C20H23FN2O. The van der Waals surface area contributed by atoms with Crippen LogP contribution in [-0.2, 0) is 6.54 Å². The van der Waals surface area contributed by atoms with Crippen molar-refractivity contribution in [3.63, 3.8) is 0 Å². The zero-order valence-electron chi connectivity index (χ0n) is 13.7. The second-order valence-electron chi connectivity index (χ2n) is 6.45. The summed E-state index contributed by atoms with van der Waals surface area (Å²) in [6, 6.07) is 13.7. The Morgan fingerprint density at radius 2 is 1.88 bits per heavy atom. The third-order valence-corrected chi connectivity index (χ3v) is 4.82. The van der Waals surface area contributed by atoms with Crippen LogP contribution in [0.3, 0.4) is 0 Å². The van der Waals surface area contributed by atoms with Gasteiger partial charge in [0.1, 0.15) is 5.82 Å². The molecule has 0 aliphatic heterocycles. The molecule has 2 aromatic rings. The smallest absolute Gasteiger partial charge is 0.251 e. The Kier molecular flexibility index (Phi) is 5.26. The van der Waals surface area contributed by atoms with Gasteiger partial charge in [0.15, 0.2) is 0 Å². The van der Waals surface area contributed by atoms with Crippen LogP contribution in [0.15, 0.2) is 48.5 Å². The van der Waals surface area contributed by atoms with Crippen molar-refractivity contribution in [1.29, 1.82) is 0 Å². The van der Waals surface area contributed by atoms with Gasteiger partial charge in [-0.3, -0.25) is 4.79 Å². The van der Waals surface area contributed by atoms with E-state index in [9.17, 15) is 9.18 Å². The zero-order chi connectivity index (χ0) is 16.9. The molecule has 0 bridgehead atoms. The molecule has 1 aliphatic rings. The quantitative estimate of drug-likeness (QED) is 0.874. The van der Waals surface area contributed by atoms with E-state index in [0.29, 0.717) is 18.0 Å². The van der Waals surface area contributed by atoms with Crippen LogP contribution in [0.5, 0.6) is 0 Å². The number of nitrogens with one attached hydrogen (secondary N) is 1. The first kappa shape index (κ1) is 16.7. The van der Waals surface area contributed by atoms with Crippen molar-refractivity contribution >= 4 is 5.91 Å². The molecule has 0 aromatic heterocycles. The molecule has 3 N–H and O–H groups in total. The molecule has 0 spiro atoms. The molecule has 0 heterocycles. The number of benzene rings is 2. The summed E-state index contributed by atoms with van der Waals surface area (Å²) in [6.07, 6.45) is 4.45. The lowest BCUT2D eigenvalue weighted by Crippen LogP contribution is -2.32. The third-order valence-electron chi connectivity index (χ3n) is 4.82. The van der Waals surface area contributed by atoms with Gasteiger partial charge in [0, 0.05) is 12.1 Å². The van der Waals surface area contributed by atoms with Gasteiger partial charge in [0.25, 0.3) is 5.91 Å². The SMILES string of the molecule is NCc1ccc(C(=O)NC(c2cccc(F)c2)C2CCCC2)cc1. The Morgan fingerprint density at radius 1 is 1.17 bits per heavy atom. The van der Waals surface area contributed by atoms with Gasteiger partial charge in [0.05, 0.1) is 6.04 Å². The number of carbonyl (C=O) groups is 1. The topological polar surface area (TPSA) is 55.1 Å². The Bertz CT molecular complexity index is 693. The van der Waals surface area contributed by atoms with E-state index in [1.165, 1.54) is 12.1 Å². The average Bonchev–Trinajstić information content (AvgIpc) is 3.14. The zero-order valence-corrected chi connectivity index (χ0v) is 13.7. The molecule has 1 unspecified atom stereocenters. The second-order valence-corrected chi connectivity index (χ2v) is 6.45. The monoisotopic (exact) mass is 326 g/mol. The number of nitrogens with two attached hydrogens (primary N) is 1. The summed E-state index contributed by atoms with van der Waals surface area (Å²) >= 11 is 0. The molecule has 1 atom stereocenters. The molecular weight excluding hydrogens is 303 g/mol. The first-order valence-electron chi connectivity index (χ1n) is 8.52. The molecule has 0 saturated heterocycles. The lowest BCUT2D eigenvalue weighted by Gasteiger charge is -2.25.